The van der Waals surface area contributed by atoms with Gasteiger partial charge >= 0.3 is 0 Å². The van der Waals surface area contributed by atoms with Crippen molar-refractivity contribution in [2.45, 2.75) is 51.2 Å². The first-order valence-electron chi connectivity index (χ1n) is 11.6. The first-order valence-corrected chi connectivity index (χ1v) is 13.1. The van der Waals surface area contributed by atoms with Crippen LogP contribution in [-0.2, 0) is 14.8 Å². The number of alkyl halides is 2. The number of nitrogens with zero attached hydrogens (tertiary/aromatic N) is 5. The molecule has 1 aromatic carbocycles. The Morgan fingerprint density at radius 1 is 1.19 bits per heavy atom. The summed E-state index contributed by atoms with van der Waals surface area (Å²) in [6.07, 6.45) is -1.65. The third-order valence-corrected chi connectivity index (χ3v) is 8.14. The van der Waals surface area contributed by atoms with Crippen molar-refractivity contribution in [1.82, 2.24) is 24.2 Å². The van der Waals surface area contributed by atoms with Gasteiger partial charge in [0.25, 0.3) is 16.4 Å². The maximum absolute atomic E-state index is 14.7. The van der Waals surface area contributed by atoms with Gasteiger partial charge in [-0.1, -0.05) is 18.2 Å². The SMILES string of the molecule is CC(=O)N1CCN(S(=O)(=O)c2cc3c(N[C@H](C)c4cccc(C(F)F)c4F)nc(C)nc3cn2)C[C@H]1C. The third-order valence-electron chi connectivity index (χ3n) is 6.38. The van der Waals surface area contributed by atoms with E-state index in [-0.39, 0.29) is 48.0 Å². The van der Waals surface area contributed by atoms with E-state index in [4.69, 9.17) is 0 Å². The van der Waals surface area contributed by atoms with E-state index in [1.54, 1.807) is 25.7 Å². The van der Waals surface area contributed by atoms with Crippen molar-refractivity contribution in [3.63, 3.8) is 0 Å². The maximum atomic E-state index is 14.7. The number of aromatic nitrogens is 3. The summed E-state index contributed by atoms with van der Waals surface area (Å²) in [6, 6.07) is 4.04. The van der Waals surface area contributed by atoms with Crippen molar-refractivity contribution >= 4 is 32.7 Å². The Morgan fingerprint density at radius 2 is 1.89 bits per heavy atom. The number of carbonyl (C=O) groups excluding carboxylic acids is 1. The van der Waals surface area contributed by atoms with E-state index in [9.17, 15) is 26.4 Å². The number of piperazine rings is 1. The predicted molar refractivity (Wildman–Crippen MR) is 131 cm³/mol. The number of aryl methyl sites for hydroxylation is 1. The average molecular weight is 537 g/mol. The molecule has 13 heteroatoms. The lowest BCUT2D eigenvalue weighted by Crippen LogP contribution is -2.54. The van der Waals surface area contributed by atoms with E-state index in [2.05, 4.69) is 20.3 Å². The lowest BCUT2D eigenvalue weighted by Gasteiger charge is -2.38. The minimum Gasteiger partial charge on any atom is -0.363 e. The van der Waals surface area contributed by atoms with Gasteiger partial charge in [-0.3, -0.25) is 4.79 Å². The normalized spacial score (nSPS) is 17.8. The van der Waals surface area contributed by atoms with Crippen LogP contribution >= 0.6 is 0 Å². The smallest absolute Gasteiger partial charge is 0.266 e. The molecule has 4 rings (SSSR count). The molecule has 37 heavy (non-hydrogen) atoms. The molecule has 1 aliphatic heterocycles. The predicted octanol–water partition coefficient (Wildman–Crippen LogP) is 3.82. The van der Waals surface area contributed by atoms with Gasteiger partial charge in [0.2, 0.25) is 5.91 Å². The molecule has 3 heterocycles. The molecule has 1 N–H and O–H groups in total. The molecule has 2 atom stereocenters. The Balaban J connectivity index is 1.69. The second-order valence-electron chi connectivity index (χ2n) is 9.00. The number of rotatable bonds is 6. The van der Waals surface area contributed by atoms with Crippen molar-refractivity contribution in [3.8, 4) is 0 Å². The molecule has 0 bridgehead atoms. The summed E-state index contributed by atoms with van der Waals surface area (Å²) in [6.45, 7) is 6.95. The molecule has 1 aliphatic rings. The second kappa shape index (κ2) is 10.2. The number of carbonyl (C=O) groups is 1. The van der Waals surface area contributed by atoms with Gasteiger partial charge in [-0.05, 0) is 26.8 Å². The zero-order valence-electron chi connectivity index (χ0n) is 20.7. The van der Waals surface area contributed by atoms with Gasteiger partial charge in [-0.15, -0.1) is 0 Å². The van der Waals surface area contributed by atoms with Crippen molar-refractivity contribution in [2.75, 3.05) is 25.0 Å². The van der Waals surface area contributed by atoms with E-state index in [0.29, 0.717) is 16.7 Å². The summed E-state index contributed by atoms with van der Waals surface area (Å²) in [5.74, 6) is -0.571. The van der Waals surface area contributed by atoms with Crippen LogP contribution in [0, 0.1) is 12.7 Å². The van der Waals surface area contributed by atoms with Crippen molar-refractivity contribution in [3.05, 3.63) is 53.2 Å². The number of sulfonamides is 1. The summed E-state index contributed by atoms with van der Waals surface area (Å²) in [7, 11) is -4.01. The molecule has 0 spiro atoms. The summed E-state index contributed by atoms with van der Waals surface area (Å²) in [5, 5.41) is 3.12. The van der Waals surface area contributed by atoms with Crippen molar-refractivity contribution in [1.29, 1.82) is 0 Å². The molecular weight excluding hydrogens is 509 g/mol. The second-order valence-corrected chi connectivity index (χ2v) is 10.9. The molecule has 1 amide bonds. The quantitative estimate of drug-likeness (QED) is 0.510. The maximum Gasteiger partial charge on any atom is 0.266 e. The molecule has 1 saturated heterocycles. The van der Waals surface area contributed by atoms with Crippen LogP contribution in [0.4, 0.5) is 19.0 Å². The number of halogens is 3. The van der Waals surface area contributed by atoms with Gasteiger partial charge in [0, 0.05) is 43.5 Å². The van der Waals surface area contributed by atoms with Crippen LogP contribution in [-0.4, -0.2) is 64.2 Å². The molecular formula is C24H27F3N6O3S. The highest BCUT2D eigenvalue weighted by atomic mass is 32.2. The van der Waals surface area contributed by atoms with Gasteiger partial charge < -0.3 is 10.2 Å². The minimum atomic E-state index is -4.01. The van der Waals surface area contributed by atoms with Crippen LogP contribution in [0.25, 0.3) is 10.9 Å². The first kappa shape index (κ1) is 26.7. The van der Waals surface area contributed by atoms with E-state index in [1.165, 1.54) is 35.6 Å². The summed E-state index contributed by atoms with van der Waals surface area (Å²) >= 11 is 0. The molecule has 0 saturated carbocycles. The van der Waals surface area contributed by atoms with E-state index in [1.807, 2.05) is 0 Å². The Morgan fingerprint density at radius 3 is 2.54 bits per heavy atom. The lowest BCUT2D eigenvalue weighted by atomic mass is 10.0. The Hall–Kier alpha value is -3.32. The fourth-order valence-corrected chi connectivity index (χ4v) is 5.93. The van der Waals surface area contributed by atoms with Gasteiger partial charge in [-0.2, -0.15) is 4.31 Å². The molecule has 198 valence electrons. The van der Waals surface area contributed by atoms with E-state index < -0.39 is 33.9 Å². The summed E-state index contributed by atoms with van der Waals surface area (Å²) in [5.41, 5.74) is -0.328. The topological polar surface area (TPSA) is 108 Å². The van der Waals surface area contributed by atoms with Gasteiger partial charge in [0.15, 0.2) is 5.03 Å². The highest BCUT2D eigenvalue weighted by molar-refractivity contribution is 7.89. The average Bonchev–Trinajstić information content (AvgIpc) is 2.83. The number of amides is 1. The Kier molecular flexibility index (Phi) is 7.38. The minimum absolute atomic E-state index is 0.0152. The van der Waals surface area contributed by atoms with Crippen molar-refractivity contribution < 1.29 is 26.4 Å². The number of nitrogens with one attached hydrogen (secondary N) is 1. The van der Waals surface area contributed by atoms with Crippen molar-refractivity contribution in [2.24, 2.45) is 0 Å². The number of hydrogen-bond donors (Lipinski definition) is 1. The number of fused-ring (bicyclic) bond motifs is 1. The highest BCUT2D eigenvalue weighted by Crippen LogP contribution is 2.31. The zero-order chi connectivity index (χ0) is 27.1. The van der Waals surface area contributed by atoms with Crippen LogP contribution in [0.2, 0.25) is 0 Å². The third kappa shape index (κ3) is 5.23. The van der Waals surface area contributed by atoms with Crippen LogP contribution in [0.15, 0.2) is 35.5 Å². The monoisotopic (exact) mass is 536 g/mol. The summed E-state index contributed by atoms with van der Waals surface area (Å²) < 4.78 is 69.2. The van der Waals surface area contributed by atoms with Crippen LogP contribution in [0.1, 0.15) is 50.2 Å². The molecule has 0 radical (unpaired) electrons. The van der Waals surface area contributed by atoms with Gasteiger partial charge in [0.1, 0.15) is 17.5 Å². The number of benzene rings is 1. The molecule has 0 unspecified atom stereocenters. The lowest BCUT2D eigenvalue weighted by molar-refractivity contribution is -0.132. The summed E-state index contributed by atoms with van der Waals surface area (Å²) in [4.78, 5) is 26.2. The van der Waals surface area contributed by atoms with Gasteiger partial charge in [0.05, 0.1) is 23.3 Å². The number of pyridine rings is 1. The number of anilines is 1. The van der Waals surface area contributed by atoms with E-state index in [0.717, 1.165) is 6.07 Å². The standard InChI is InChI=1S/C24H27F3N6O3S/c1-13-12-32(8-9-33(13)16(4)34)37(35,36)21-10-19-20(11-28-21)30-15(3)31-24(19)29-14(2)17-6-5-7-18(22(17)25)23(26)27/h5-7,10-11,13-14,23H,8-9,12H2,1-4H3,(H,29,30,31)/t13-,14-/m1/s1. The van der Waals surface area contributed by atoms with Gasteiger partial charge in [-0.25, -0.2) is 36.5 Å². The Bertz CT molecular complexity index is 1450. The highest BCUT2D eigenvalue weighted by Gasteiger charge is 2.34. The first-order chi connectivity index (χ1) is 17.4. The molecule has 1 fully saturated rings. The fraction of sp³-hybridized carbons (Fsp3) is 0.417. The van der Waals surface area contributed by atoms with Crippen LogP contribution in [0.3, 0.4) is 0 Å². The molecule has 2 aromatic heterocycles. The largest absolute Gasteiger partial charge is 0.363 e. The fourth-order valence-electron chi connectivity index (χ4n) is 4.48. The number of hydrogen-bond acceptors (Lipinski definition) is 7. The van der Waals surface area contributed by atoms with Crippen LogP contribution in [0.5, 0.6) is 0 Å². The zero-order valence-corrected chi connectivity index (χ0v) is 21.6. The van der Waals surface area contributed by atoms with Crippen LogP contribution < -0.4 is 5.32 Å². The molecule has 0 aliphatic carbocycles. The molecule has 3 aromatic rings. The van der Waals surface area contributed by atoms with E-state index >= 15 is 0 Å². The molecule has 9 nitrogen and oxygen atoms in total. The Labute approximate surface area is 212 Å².